The van der Waals surface area contributed by atoms with Crippen LogP contribution in [0.2, 0.25) is 0 Å². The fourth-order valence-corrected chi connectivity index (χ4v) is 3.51. The van der Waals surface area contributed by atoms with Gasteiger partial charge in [-0.2, -0.15) is 0 Å². The predicted octanol–water partition coefficient (Wildman–Crippen LogP) is 0.967. The van der Waals surface area contributed by atoms with Crippen molar-refractivity contribution < 1.29 is 14.7 Å². The van der Waals surface area contributed by atoms with Crippen LogP contribution in [-0.2, 0) is 9.59 Å². The topological polar surface area (TPSA) is 69.6 Å². The minimum absolute atomic E-state index is 0.0380. The lowest BCUT2D eigenvalue weighted by molar-refractivity contribution is -0.147. The van der Waals surface area contributed by atoms with E-state index in [0.29, 0.717) is 6.54 Å². The first-order valence-electron chi connectivity index (χ1n) is 7.49. The molecule has 5 heteroatoms. The number of allylic oxidation sites excluding steroid dienone is 2. The van der Waals surface area contributed by atoms with Crippen molar-refractivity contribution in [3.63, 3.8) is 0 Å². The van der Waals surface area contributed by atoms with Crippen LogP contribution in [0.4, 0.5) is 0 Å². The quantitative estimate of drug-likeness (QED) is 0.682. The van der Waals surface area contributed by atoms with Gasteiger partial charge in [-0.25, -0.2) is 0 Å². The van der Waals surface area contributed by atoms with Gasteiger partial charge in [0, 0.05) is 13.1 Å². The van der Waals surface area contributed by atoms with Gasteiger partial charge in [0.25, 0.3) is 0 Å². The van der Waals surface area contributed by atoms with Crippen LogP contribution in [0.15, 0.2) is 12.2 Å². The van der Waals surface area contributed by atoms with Crippen molar-refractivity contribution in [2.75, 3.05) is 26.2 Å². The fourth-order valence-electron chi connectivity index (χ4n) is 3.51. The maximum atomic E-state index is 12.3. The molecule has 0 heterocycles. The molecule has 0 aromatic carbocycles. The number of nitrogens with one attached hydrogen (secondary N) is 1. The SMILES string of the molecule is CCN(CC)CCNC(=O)[C@H]1C2C=CC(C2)[C@H]1C(=O)O. The fraction of sp³-hybridized carbons (Fsp3) is 0.733. The summed E-state index contributed by atoms with van der Waals surface area (Å²) < 4.78 is 0. The number of likely N-dealkylation sites (N-methyl/N-ethyl adjacent to an activating group) is 1. The second-order valence-electron chi connectivity index (χ2n) is 5.66. The molecule has 112 valence electrons. The molecule has 1 fully saturated rings. The van der Waals surface area contributed by atoms with Gasteiger partial charge in [0.15, 0.2) is 0 Å². The molecule has 0 aromatic heterocycles. The van der Waals surface area contributed by atoms with E-state index in [-0.39, 0.29) is 23.7 Å². The standard InChI is InChI=1S/C15H24N2O3/c1-3-17(4-2)8-7-16-14(18)12-10-5-6-11(9-10)13(12)15(19)20/h5-6,10-13H,3-4,7-9H2,1-2H3,(H,16,18)(H,19,20)/t10?,11?,12-,13+/m0/s1. The molecule has 5 nitrogen and oxygen atoms in total. The average Bonchev–Trinajstić information content (AvgIpc) is 3.03. The van der Waals surface area contributed by atoms with Gasteiger partial charge in [0.1, 0.15) is 0 Å². The molecule has 1 saturated carbocycles. The molecule has 0 aliphatic heterocycles. The summed E-state index contributed by atoms with van der Waals surface area (Å²) in [5, 5.41) is 12.2. The third kappa shape index (κ3) is 2.87. The van der Waals surface area contributed by atoms with Crippen LogP contribution >= 0.6 is 0 Å². The molecule has 0 spiro atoms. The van der Waals surface area contributed by atoms with Crippen LogP contribution < -0.4 is 5.32 Å². The smallest absolute Gasteiger partial charge is 0.307 e. The van der Waals surface area contributed by atoms with Crippen LogP contribution in [-0.4, -0.2) is 48.1 Å². The number of amides is 1. The van der Waals surface area contributed by atoms with E-state index < -0.39 is 11.9 Å². The van der Waals surface area contributed by atoms with Crippen molar-refractivity contribution in [2.24, 2.45) is 23.7 Å². The maximum absolute atomic E-state index is 12.3. The molecule has 2 unspecified atom stereocenters. The summed E-state index contributed by atoms with van der Waals surface area (Å²) in [6, 6.07) is 0. The number of carboxylic acids is 1. The molecule has 0 aromatic rings. The Balaban J connectivity index is 1.89. The molecule has 2 N–H and O–H groups in total. The Morgan fingerprint density at radius 1 is 1.20 bits per heavy atom. The zero-order valence-electron chi connectivity index (χ0n) is 12.2. The molecule has 1 amide bonds. The normalized spacial score (nSPS) is 30.9. The molecule has 4 atom stereocenters. The first-order chi connectivity index (χ1) is 9.58. The van der Waals surface area contributed by atoms with Gasteiger partial charge >= 0.3 is 5.97 Å². The Labute approximate surface area is 120 Å². The zero-order chi connectivity index (χ0) is 14.7. The largest absolute Gasteiger partial charge is 0.481 e. The molecule has 0 radical (unpaired) electrons. The Hall–Kier alpha value is -1.36. The van der Waals surface area contributed by atoms with Crippen LogP contribution in [0.5, 0.6) is 0 Å². The first kappa shape index (κ1) is 15.0. The number of hydrogen-bond acceptors (Lipinski definition) is 3. The summed E-state index contributed by atoms with van der Waals surface area (Å²) >= 11 is 0. The number of carbonyl (C=O) groups is 2. The van der Waals surface area contributed by atoms with Crippen molar-refractivity contribution in [3.8, 4) is 0 Å². The highest BCUT2D eigenvalue weighted by Gasteiger charge is 2.51. The van der Waals surface area contributed by atoms with E-state index in [0.717, 1.165) is 26.1 Å². The summed E-state index contributed by atoms with van der Waals surface area (Å²) in [5.41, 5.74) is 0. The van der Waals surface area contributed by atoms with Gasteiger partial charge in [-0.3, -0.25) is 9.59 Å². The number of nitrogens with zero attached hydrogens (tertiary/aromatic N) is 1. The Kier molecular flexibility index (Phi) is 4.81. The van der Waals surface area contributed by atoms with E-state index in [4.69, 9.17) is 0 Å². The summed E-state index contributed by atoms with van der Waals surface area (Å²) in [6.45, 7) is 7.50. The predicted molar refractivity (Wildman–Crippen MR) is 76.2 cm³/mol. The van der Waals surface area contributed by atoms with Crippen LogP contribution in [0.1, 0.15) is 20.3 Å². The van der Waals surface area contributed by atoms with E-state index in [1.165, 1.54) is 0 Å². The van der Waals surface area contributed by atoms with Crippen LogP contribution in [0.25, 0.3) is 0 Å². The van der Waals surface area contributed by atoms with E-state index in [1.54, 1.807) is 0 Å². The summed E-state index contributed by atoms with van der Waals surface area (Å²) in [7, 11) is 0. The van der Waals surface area contributed by atoms with Crippen LogP contribution in [0.3, 0.4) is 0 Å². The Bertz CT molecular complexity index is 404. The van der Waals surface area contributed by atoms with Gasteiger partial charge in [0.05, 0.1) is 11.8 Å². The van der Waals surface area contributed by atoms with Crippen molar-refractivity contribution in [1.82, 2.24) is 10.2 Å². The van der Waals surface area contributed by atoms with E-state index in [1.807, 2.05) is 12.2 Å². The lowest BCUT2D eigenvalue weighted by Crippen LogP contribution is -2.42. The van der Waals surface area contributed by atoms with Gasteiger partial charge < -0.3 is 15.3 Å². The van der Waals surface area contributed by atoms with Crippen molar-refractivity contribution >= 4 is 11.9 Å². The van der Waals surface area contributed by atoms with E-state index >= 15 is 0 Å². The summed E-state index contributed by atoms with van der Waals surface area (Å²) in [5.74, 6) is -1.73. The molecule has 2 aliphatic rings. The number of rotatable bonds is 7. The van der Waals surface area contributed by atoms with Gasteiger partial charge in [-0.05, 0) is 31.3 Å². The highest BCUT2D eigenvalue weighted by atomic mass is 16.4. The number of aliphatic carboxylic acids is 1. The van der Waals surface area contributed by atoms with E-state index in [2.05, 4.69) is 24.1 Å². The summed E-state index contributed by atoms with van der Waals surface area (Å²) in [4.78, 5) is 25.9. The number of carbonyl (C=O) groups excluding carboxylic acids is 1. The van der Waals surface area contributed by atoms with Crippen molar-refractivity contribution in [3.05, 3.63) is 12.2 Å². The second-order valence-corrected chi connectivity index (χ2v) is 5.66. The minimum Gasteiger partial charge on any atom is -0.481 e. The molecule has 2 aliphatic carbocycles. The molecular formula is C15H24N2O3. The lowest BCUT2D eigenvalue weighted by Gasteiger charge is -2.25. The zero-order valence-corrected chi connectivity index (χ0v) is 12.2. The van der Waals surface area contributed by atoms with Gasteiger partial charge in [-0.1, -0.05) is 26.0 Å². The van der Waals surface area contributed by atoms with Crippen molar-refractivity contribution in [2.45, 2.75) is 20.3 Å². The average molecular weight is 280 g/mol. The van der Waals surface area contributed by atoms with Gasteiger partial charge in [-0.15, -0.1) is 0 Å². The Morgan fingerprint density at radius 3 is 2.35 bits per heavy atom. The lowest BCUT2D eigenvalue weighted by atomic mass is 9.82. The third-order valence-corrected chi connectivity index (χ3v) is 4.67. The monoisotopic (exact) mass is 280 g/mol. The number of hydrogen-bond donors (Lipinski definition) is 2. The Morgan fingerprint density at radius 2 is 1.80 bits per heavy atom. The van der Waals surface area contributed by atoms with Crippen molar-refractivity contribution in [1.29, 1.82) is 0 Å². The molecular weight excluding hydrogens is 256 g/mol. The minimum atomic E-state index is -0.842. The second kappa shape index (κ2) is 6.39. The van der Waals surface area contributed by atoms with Crippen LogP contribution in [0, 0.1) is 23.7 Å². The third-order valence-electron chi connectivity index (χ3n) is 4.67. The first-order valence-corrected chi connectivity index (χ1v) is 7.49. The van der Waals surface area contributed by atoms with E-state index in [9.17, 15) is 14.7 Å². The molecule has 0 saturated heterocycles. The highest BCUT2D eigenvalue weighted by Crippen LogP contribution is 2.48. The highest BCUT2D eigenvalue weighted by molar-refractivity contribution is 5.86. The molecule has 20 heavy (non-hydrogen) atoms. The number of fused-ring (bicyclic) bond motifs is 2. The molecule has 2 rings (SSSR count). The maximum Gasteiger partial charge on any atom is 0.307 e. The van der Waals surface area contributed by atoms with Gasteiger partial charge in [0.2, 0.25) is 5.91 Å². The molecule has 2 bridgehead atoms. The summed E-state index contributed by atoms with van der Waals surface area (Å²) in [6.07, 6.45) is 4.78. The number of carboxylic acid groups (broad SMARTS) is 1.